The van der Waals surface area contributed by atoms with Crippen LogP contribution in [0, 0.1) is 10.1 Å². The Morgan fingerprint density at radius 3 is 3.05 bits per heavy atom. The van der Waals surface area contributed by atoms with Crippen LogP contribution in [0.4, 0.5) is 11.5 Å². The standard InChI is InChI=1S/C12H16BrN3O3/c1-3-12(2)8-15(4-5-19-12)11-10(16(17)18)6-9(13)7-14-11/h6-7H,3-5,8H2,1-2H3. The van der Waals surface area contributed by atoms with Crippen LogP contribution in [0.15, 0.2) is 16.7 Å². The van der Waals surface area contributed by atoms with Crippen molar-refractivity contribution in [1.82, 2.24) is 4.98 Å². The van der Waals surface area contributed by atoms with E-state index in [0.29, 0.717) is 30.0 Å². The Kier molecular flexibility index (Phi) is 4.05. The minimum atomic E-state index is -0.397. The van der Waals surface area contributed by atoms with E-state index in [9.17, 15) is 10.1 Å². The van der Waals surface area contributed by atoms with E-state index in [4.69, 9.17) is 4.74 Å². The minimum Gasteiger partial charge on any atom is -0.372 e. The van der Waals surface area contributed by atoms with Crippen LogP contribution in [-0.4, -0.2) is 35.2 Å². The second-order valence-corrected chi connectivity index (χ2v) is 5.74. The number of aromatic nitrogens is 1. The van der Waals surface area contributed by atoms with Gasteiger partial charge in [-0.05, 0) is 29.3 Å². The van der Waals surface area contributed by atoms with E-state index < -0.39 is 4.92 Å². The summed E-state index contributed by atoms with van der Waals surface area (Å²) in [7, 11) is 0. The molecule has 1 fully saturated rings. The van der Waals surface area contributed by atoms with E-state index in [1.165, 1.54) is 6.07 Å². The van der Waals surface area contributed by atoms with Crippen LogP contribution in [0.5, 0.6) is 0 Å². The Morgan fingerprint density at radius 1 is 1.68 bits per heavy atom. The molecule has 1 aliphatic rings. The molecule has 1 saturated heterocycles. The zero-order chi connectivity index (χ0) is 14.0. The van der Waals surface area contributed by atoms with E-state index in [2.05, 4.69) is 20.9 Å². The third kappa shape index (κ3) is 3.03. The normalized spacial score (nSPS) is 23.4. The molecule has 104 valence electrons. The van der Waals surface area contributed by atoms with Crippen LogP contribution >= 0.6 is 15.9 Å². The molecule has 0 radical (unpaired) electrons. The van der Waals surface area contributed by atoms with Crippen LogP contribution in [0.1, 0.15) is 20.3 Å². The number of nitrogens with zero attached hydrogens (tertiary/aromatic N) is 3. The highest BCUT2D eigenvalue weighted by Gasteiger charge is 2.33. The highest BCUT2D eigenvalue weighted by atomic mass is 79.9. The van der Waals surface area contributed by atoms with Crippen molar-refractivity contribution >= 4 is 27.4 Å². The molecule has 1 unspecified atom stereocenters. The van der Waals surface area contributed by atoms with Gasteiger partial charge in [0.1, 0.15) is 0 Å². The first-order chi connectivity index (χ1) is 8.95. The molecule has 0 aliphatic carbocycles. The topological polar surface area (TPSA) is 68.5 Å². The molecule has 19 heavy (non-hydrogen) atoms. The third-order valence-corrected chi connectivity index (χ3v) is 3.83. The first-order valence-corrected chi connectivity index (χ1v) is 6.93. The molecule has 1 aromatic heterocycles. The summed E-state index contributed by atoms with van der Waals surface area (Å²) in [4.78, 5) is 16.9. The van der Waals surface area contributed by atoms with E-state index in [1.54, 1.807) is 6.20 Å². The summed E-state index contributed by atoms with van der Waals surface area (Å²) in [6.45, 7) is 5.85. The molecule has 1 aromatic rings. The van der Waals surface area contributed by atoms with Crippen LogP contribution in [-0.2, 0) is 4.74 Å². The summed E-state index contributed by atoms with van der Waals surface area (Å²) in [5.74, 6) is 0.413. The van der Waals surface area contributed by atoms with Crippen molar-refractivity contribution in [3.8, 4) is 0 Å². The quantitative estimate of drug-likeness (QED) is 0.630. The molecule has 7 heteroatoms. The number of pyridine rings is 1. The van der Waals surface area contributed by atoms with Crippen molar-refractivity contribution < 1.29 is 9.66 Å². The van der Waals surface area contributed by atoms with Gasteiger partial charge in [0.15, 0.2) is 0 Å². The van der Waals surface area contributed by atoms with Gasteiger partial charge in [-0.15, -0.1) is 0 Å². The van der Waals surface area contributed by atoms with E-state index in [0.717, 1.165) is 6.42 Å². The minimum absolute atomic E-state index is 0.0229. The summed E-state index contributed by atoms with van der Waals surface area (Å²) in [5, 5.41) is 11.1. The van der Waals surface area contributed by atoms with Gasteiger partial charge in [0.25, 0.3) is 0 Å². The first kappa shape index (κ1) is 14.2. The number of morpholine rings is 1. The predicted octanol–water partition coefficient (Wildman–Crippen LogP) is 2.76. The molecule has 1 atom stereocenters. The van der Waals surface area contributed by atoms with Gasteiger partial charge in [-0.3, -0.25) is 10.1 Å². The average Bonchev–Trinajstić information content (AvgIpc) is 2.38. The number of hydrogen-bond donors (Lipinski definition) is 0. The largest absolute Gasteiger partial charge is 0.372 e. The van der Waals surface area contributed by atoms with Gasteiger partial charge < -0.3 is 9.64 Å². The van der Waals surface area contributed by atoms with Crippen LogP contribution in [0.2, 0.25) is 0 Å². The van der Waals surface area contributed by atoms with Crippen LogP contribution in [0.25, 0.3) is 0 Å². The molecule has 0 saturated carbocycles. The SMILES string of the molecule is CCC1(C)CN(c2ncc(Br)cc2[N+](=O)[O-])CCO1. The smallest absolute Gasteiger partial charge is 0.312 e. The summed E-state index contributed by atoms with van der Waals surface area (Å²) in [5.41, 5.74) is -0.254. The van der Waals surface area contributed by atoms with Gasteiger partial charge >= 0.3 is 5.69 Å². The highest BCUT2D eigenvalue weighted by molar-refractivity contribution is 9.10. The van der Waals surface area contributed by atoms with Crippen LogP contribution < -0.4 is 4.90 Å². The number of rotatable bonds is 3. The summed E-state index contributed by atoms with van der Waals surface area (Å²) >= 11 is 3.21. The molecule has 0 amide bonds. The third-order valence-electron chi connectivity index (χ3n) is 3.40. The van der Waals surface area contributed by atoms with Gasteiger partial charge in [-0.1, -0.05) is 6.92 Å². The van der Waals surface area contributed by atoms with E-state index >= 15 is 0 Å². The lowest BCUT2D eigenvalue weighted by molar-refractivity contribution is -0.384. The van der Waals surface area contributed by atoms with Crippen molar-refractivity contribution in [2.45, 2.75) is 25.9 Å². The molecule has 0 N–H and O–H groups in total. The number of anilines is 1. The maximum Gasteiger partial charge on any atom is 0.312 e. The second kappa shape index (κ2) is 5.42. The van der Waals surface area contributed by atoms with Crippen molar-refractivity contribution in [2.75, 3.05) is 24.6 Å². The van der Waals surface area contributed by atoms with Crippen LogP contribution in [0.3, 0.4) is 0 Å². The summed E-state index contributed by atoms with van der Waals surface area (Å²) in [6.07, 6.45) is 2.44. The van der Waals surface area contributed by atoms with Crippen molar-refractivity contribution in [2.24, 2.45) is 0 Å². The zero-order valence-corrected chi connectivity index (χ0v) is 12.5. The first-order valence-electron chi connectivity index (χ1n) is 6.14. The lowest BCUT2D eigenvalue weighted by Gasteiger charge is -2.40. The molecule has 2 heterocycles. The van der Waals surface area contributed by atoms with Gasteiger partial charge in [-0.25, -0.2) is 4.98 Å². The monoisotopic (exact) mass is 329 g/mol. The Hall–Kier alpha value is -1.21. The van der Waals surface area contributed by atoms with Crippen molar-refractivity contribution in [1.29, 1.82) is 0 Å². The highest BCUT2D eigenvalue weighted by Crippen LogP contribution is 2.32. The number of hydrogen-bond acceptors (Lipinski definition) is 5. The number of halogens is 1. The molecular weight excluding hydrogens is 314 g/mol. The Morgan fingerprint density at radius 2 is 2.42 bits per heavy atom. The van der Waals surface area contributed by atoms with Crippen molar-refractivity contribution in [3.05, 3.63) is 26.9 Å². The van der Waals surface area contributed by atoms with Gasteiger partial charge in [0.05, 0.1) is 17.1 Å². The van der Waals surface area contributed by atoms with E-state index in [-0.39, 0.29) is 11.3 Å². The van der Waals surface area contributed by atoms with Gasteiger partial charge in [0, 0.05) is 29.8 Å². The molecule has 0 bridgehead atoms. The fourth-order valence-corrected chi connectivity index (χ4v) is 2.44. The molecule has 2 rings (SSSR count). The molecule has 0 aromatic carbocycles. The fourth-order valence-electron chi connectivity index (χ4n) is 2.12. The van der Waals surface area contributed by atoms with Gasteiger partial charge in [-0.2, -0.15) is 0 Å². The number of nitro groups is 1. The Balaban J connectivity index is 2.33. The maximum absolute atomic E-state index is 11.1. The Bertz CT molecular complexity index is 497. The predicted molar refractivity (Wildman–Crippen MR) is 75.5 cm³/mol. The number of ether oxygens (including phenoxy) is 1. The molecule has 0 spiro atoms. The van der Waals surface area contributed by atoms with E-state index in [1.807, 2.05) is 18.7 Å². The Labute approximate surface area is 120 Å². The maximum atomic E-state index is 11.1. The fraction of sp³-hybridized carbons (Fsp3) is 0.583. The van der Waals surface area contributed by atoms with Gasteiger partial charge in [0.2, 0.25) is 5.82 Å². The molecule has 1 aliphatic heterocycles. The summed E-state index contributed by atoms with van der Waals surface area (Å²) < 4.78 is 6.35. The van der Waals surface area contributed by atoms with Crippen molar-refractivity contribution in [3.63, 3.8) is 0 Å². The lowest BCUT2D eigenvalue weighted by atomic mass is 10.0. The lowest BCUT2D eigenvalue weighted by Crippen LogP contribution is -2.50. The molecular formula is C12H16BrN3O3. The summed E-state index contributed by atoms with van der Waals surface area (Å²) in [6, 6.07) is 1.49. The average molecular weight is 330 g/mol. The molecule has 6 nitrogen and oxygen atoms in total. The zero-order valence-electron chi connectivity index (χ0n) is 10.9. The second-order valence-electron chi connectivity index (χ2n) is 4.83.